The molecule has 2 heteroatoms. The Morgan fingerprint density at radius 2 is 2.06 bits per heavy atom. The molecule has 1 saturated carbocycles. The lowest BCUT2D eigenvalue weighted by atomic mass is 9.91. The average Bonchev–Trinajstić information content (AvgIpc) is 3.12. The molecule has 2 rings (SSSR count). The molecule has 0 radical (unpaired) electrons. The molecule has 86 valence electrons. The monoisotopic (exact) mass is 218 g/mol. The highest BCUT2D eigenvalue weighted by molar-refractivity contribution is 5.52. The van der Waals surface area contributed by atoms with E-state index in [1.54, 1.807) is 0 Å². The summed E-state index contributed by atoms with van der Waals surface area (Å²) in [6.45, 7) is 2.67. The van der Waals surface area contributed by atoms with Crippen molar-refractivity contribution in [3.63, 3.8) is 0 Å². The lowest BCUT2D eigenvalue weighted by Crippen LogP contribution is -2.02. The van der Waals surface area contributed by atoms with Gasteiger partial charge in [-0.25, -0.2) is 0 Å². The van der Waals surface area contributed by atoms with E-state index in [1.165, 1.54) is 18.4 Å². The highest BCUT2D eigenvalue weighted by Crippen LogP contribution is 2.44. The van der Waals surface area contributed by atoms with Gasteiger partial charge in [-0.15, -0.1) is 0 Å². The molecule has 0 N–H and O–H groups in total. The van der Waals surface area contributed by atoms with E-state index in [0.717, 1.165) is 18.0 Å². The number of benzene rings is 1. The molecule has 16 heavy (non-hydrogen) atoms. The normalized spacial score (nSPS) is 16.8. The Morgan fingerprint density at radius 3 is 2.56 bits per heavy atom. The topological polar surface area (TPSA) is 26.3 Å². The first-order chi connectivity index (χ1) is 7.85. The van der Waals surface area contributed by atoms with Crippen molar-refractivity contribution in [3.05, 3.63) is 29.8 Å². The van der Waals surface area contributed by atoms with Crippen LogP contribution in [-0.2, 0) is 4.79 Å². The van der Waals surface area contributed by atoms with E-state index in [1.807, 2.05) is 19.1 Å². The summed E-state index contributed by atoms with van der Waals surface area (Å²) in [7, 11) is 0. The Bertz CT molecular complexity index is 338. The number of hydrogen-bond donors (Lipinski definition) is 0. The standard InChI is InChI=1S/C14H18O2/c1-2-16-13-7-5-12(6-8-13)14(9-10-15)11-3-4-11/h5-8,10-11,14H,2-4,9H2,1H3. The first-order valence-corrected chi connectivity index (χ1v) is 6.01. The molecule has 1 fully saturated rings. The van der Waals surface area contributed by atoms with E-state index in [-0.39, 0.29) is 0 Å². The summed E-state index contributed by atoms with van der Waals surface area (Å²) in [6, 6.07) is 8.19. The van der Waals surface area contributed by atoms with Crippen LogP contribution in [-0.4, -0.2) is 12.9 Å². The molecule has 0 heterocycles. The molecule has 0 bridgehead atoms. The van der Waals surface area contributed by atoms with Crippen LogP contribution in [0.3, 0.4) is 0 Å². The Balaban J connectivity index is 2.08. The Kier molecular flexibility index (Phi) is 3.60. The maximum atomic E-state index is 10.7. The average molecular weight is 218 g/mol. The van der Waals surface area contributed by atoms with E-state index in [4.69, 9.17) is 4.74 Å². The second kappa shape index (κ2) is 5.15. The molecule has 1 atom stereocenters. The van der Waals surface area contributed by atoms with Crippen molar-refractivity contribution in [1.29, 1.82) is 0 Å². The Hall–Kier alpha value is -1.31. The van der Waals surface area contributed by atoms with Crippen LogP contribution in [0.25, 0.3) is 0 Å². The van der Waals surface area contributed by atoms with Crippen LogP contribution in [0.15, 0.2) is 24.3 Å². The molecule has 0 aliphatic heterocycles. The van der Waals surface area contributed by atoms with E-state index in [0.29, 0.717) is 18.9 Å². The maximum absolute atomic E-state index is 10.7. The maximum Gasteiger partial charge on any atom is 0.120 e. The van der Waals surface area contributed by atoms with Crippen molar-refractivity contribution in [2.45, 2.75) is 32.1 Å². The van der Waals surface area contributed by atoms with Gasteiger partial charge in [-0.05, 0) is 49.3 Å². The zero-order chi connectivity index (χ0) is 11.4. The number of carbonyl (C=O) groups is 1. The van der Waals surface area contributed by atoms with Crippen LogP contribution < -0.4 is 4.74 Å². The van der Waals surface area contributed by atoms with Gasteiger partial charge in [0.1, 0.15) is 12.0 Å². The zero-order valence-electron chi connectivity index (χ0n) is 9.69. The van der Waals surface area contributed by atoms with Crippen molar-refractivity contribution in [1.82, 2.24) is 0 Å². The molecule has 1 aromatic carbocycles. The Labute approximate surface area is 96.6 Å². The molecule has 0 amide bonds. The largest absolute Gasteiger partial charge is 0.494 e. The summed E-state index contributed by atoms with van der Waals surface area (Å²) in [6.07, 6.45) is 4.23. The molecule has 0 spiro atoms. The second-order valence-corrected chi connectivity index (χ2v) is 4.35. The third-order valence-electron chi connectivity index (χ3n) is 3.16. The number of carbonyl (C=O) groups excluding carboxylic acids is 1. The molecular formula is C14H18O2. The van der Waals surface area contributed by atoms with Crippen LogP contribution in [0.4, 0.5) is 0 Å². The quantitative estimate of drug-likeness (QED) is 0.685. The van der Waals surface area contributed by atoms with Gasteiger partial charge in [0.15, 0.2) is 0 Å². The summed E-state index contributed by atoms with van der Waals surface area (Å²) in [5.41, 5.74) is 1.28. The number of ether oxygens (including phenoxy) is 1. The van der Waals surface area contributed by atoms with Gasteiger partial charge in [-0.3, -0.25) is 0 Å². The fourth-order valence-corrected chi connectivity index (χ4v) is 2.18. The smallest absolute Gasteiger partial charge is 0.120 e. The van der Waals surface area contributed by atoms with Gasteiger partial charge in [0.2, 0.25) is 0 Å². The van der Waals surface area contributed by atoms with E-state index in [2.05, 4.69) is 12.1 Å². The molecule has 1 aliphatic rings. The van der Waals surface area contributed by atoms with Gasteiger partial charge in [-0.2, -0.15) is 0 Å². The summed E-state index contributed by atoms with van der Waals surface area (Å²) < 4.78 is 5.41. The van der Waals surface area contributed by atoms with Gasteiger partial charge in [0, 0.05) is 6.42 Å². The summed E-state index contributed by atoms with van der Waals surface area (Å²) in [5, 5.41) is 0. The van der Waals surface area contributed by atoms with Crippen LogP contribution in [0.2, 0.25) is 0 Å². The molecule has 1 unspecified atom stereocenters. The molecular weight excluding hydrogens is 200 g/mol. The molecule has 0 aromatic heterocycles. The lowest BCUT2D eigenvalue weighted by Gasteiger charge is -2.14. The first kappa shape index (κ1) is 11.2. The Morgan fingerprint density at radius 1 is 1.38 bits per heavy atom. The minimum absolute atomic E-state index is 0.424. The van der Waals surface area contributed by atoms with Gasteiger partial charge in [-0.1, -0.05) is 12.1 Å². The van der Waals surface area contributed by atoms with Crippen molar-refractivity contribution >= 4 is 6.29 Å². The SMILES string of the molecule is CCOc1ccc(C(CC=O)C2CC2)cc1. The third kappa shape index (κ3) is 2.63. The summed E-state index contributed by atoms with van der Waals surface area (Å²) in [4.78, 5) is 10.7. The summed E-state index contributed by atoms with van der Waals surface area (Å²) in [5.74, 6) is 2.06. The highest BCUT2D eigenvalue weighted by atomic mass is 16.5. The van der Waals surface area contributed by atoms with Crippen molar-refractivity contribution in [3.8, 4) is 5.75 Å². The van der Waals surface area contributed by atoms with Crippen LogP contribution in [0.5, 0.6) is 5.75 Å². The lowest BCUT2D eigenvalue weighted by molar-refractivity contribution is -0.108. The molecule has 0 saturated heterocycles. The van der Waals surface area contributed by atoms with Crippen molar-refractivity contribution in [2.75, 3.05) is 6.61 Å². The predicted octanol–water partition coefficient (Wildman–Crippen LogP) is 3.17. The zero-order valence-corrected chi connectivity index (χ0v) is 9.69. The van der Waals surface area contributed by atoms with E-state index >= 15 is 0 Å². The fraction of sp³-hybridized carbons (Fsp3) is 0.500. The number of hydrogen-bond acceptors (Lipinski definition) is 2. The fourth-order valence-electron chi connectivity index (χ4n) is 2.18. The predicted molar refractivity (Wildman–Crippen MR) is 63.8 cm³/mol. The van der Waals surface area contributed by atoms with Crippen molar-refractivity contribution in [2.24, 2.45) is 5.92 Å². The van der Waals surface area contributed by atoms with Crippen LogP contribution >= 0.6 is 0 Å². The minimum Gasteiger partial charge on any atom is -0.494 e. The minimum atomic E-state index is 0.424. The number of rotatable bonds is 6. The molecule has 2 nitrogen and oxygen atoms in total. The van der Waals surface area contributed by atoms with Crippen LogP contribution in [0, 0.1) is 5.92 Å². The van der Waals surface area contributed by atoms with Gasteiger partial charge in [0.25, 0.3) is 0 Å². The van der Waals surface area contributed by atoms with Crippen molar-refractivity contribution < 1.29 is 9.53 Å². The highest BCUT2D eigenvalue weighted by Gasteiger charge is 2.31. The number of aldehydes is 1. The van der Waals surface area contributed by atoms with Gasteiger partial charge < -0.3 is 9.53 Å². The summed E-state index contributed by atoms with van der Waals surface area (Å²) >= 11 is 0. The van der Waals surface area contributed by atoms with Gasteiger partial charge in [0.05, 0.1) is 6.61 Å². The van der Waals surface area contributed by atoms with E-state index in [9.17, 15) is 4.79 Å². The first-order valence-electron chi connectivity index (χ1n) is 6.01. The molecule has 1 aliphatic carbocycles. The second-order valence-electron chi connectivity index (χ2n) is 4.35. The molecule has 1 aromatic rings. The van der Waals surface area contributed by atoms with Gasteiger partial charge >= 0.3 is 0 Å². The van der Waals surface area contributed by atoms with Crippen LogP contribution in [0.1, 0.15) is 37.7 Å². The van der Waals surface area contributed by atoms with E-state index < -0.39 is 0 Å². The third-order valence-corrected chi connectivity index (χ3v) is 3.16.